The second-order valence-corrected chi connectivity index (χ2v) is 6.89. The molecule has 24 heavy (non-hydrogen) atoms. The van der Waals surface area contributed by atoms with E-state index in [2.05, 4.69) is 15.9 Å². The van der Waals surface area contributed by atoms with E-state index in [0.29, 0.717) is 25.8 Å². The maximum Gasteiger partial charge on any atom is 0.229 e. The molecule has 0 N–H and O–H groups in total. The molecule has 0 spiro atoms. The number of imide groups is 1. The highest BCUT2D eigenvalue weighted by molar-refractivity contribution is 6.30. The number of likely N-dealkylation sites (tertiary alicyclic amines) is 1. The van der Waals surface area contributed by atoms with Crippen LogP contribution in [0.25, 0.3) is 0 Å². The summed E-state index contributed by atoms with van der Waals surface area (Å²) in [6.07, 6.45) is 2.60. The lowest BCUT2D eigenvalue weighted by Gasteiger charge is -2.36. The summed E-state index contributed by atoms with van der Waals surface area (Å²) in [6.45, 7) is 5.43. The van der Waals surface area contributed by atoms with Crippen molar-refractivity contribution < 1.29 is 9.59 Å². The van der Waals surface area contributed by atoms with Gasteiger partial charge in [0.05, 0.1) is 0 Å². The first-order valence-electron chi connectivity index (χ1n) is 8.69. The molecule has 2 aliphatic rings. The Morgan fingerprint density at radius 2 is 1.67 bits per heavy atom. The maximum atomic E-state index is 11.8. The van der Waals surface area contributed by atoms with Gasteiger partial charge >= 0.3 is 0 Å². The van der Waals surface area contributed by atoms with Gasteiger partial charge in [-0.05, 0) is 37.6 Å². The molecule has 2 heterocycles. The van der Waals surface area contributed by atoms with Crippen LogP contribution < -0.4 is 4.90 Å². The van der Waals surface area contributed by atoms with Crippen molar-refractivity contribution >= 4 is 29.1 Å². The Bertz CT molecular complexity index is 584. The van der Waals surface area contributed by atoms with E-state index in [9.17, 15) is 9.59 Å². The van der Waals surface area contributed by atoms with Crippen LogP contribution in [0.3, 0.4) is 0 Å². The van der Waals surface area contributed by atoms with Gasteiger partial charge in [0.25, 0.3) is 0 Å². The standard InChI is InChI=1S/C18H24ClN3O2/c19-15-4-1-5-16(14-15)21-12-10-20(11-13-21)8-3-9-22-17(23)6-2-7-18(22)24/h1,4-5,14H,2-3,6-13H2. The summed E-state index contributed by atoms with van der Waals surface area (Å²) in [5, 5.41) is 0.769. The van der Waals surface area contributed by atoms with Crippen LogP contribution in [0.5, 0.6) is 0 Å². The third-order valence-electron chi connectivity index (χ3n) is 4.79. The number of carbonyl (C=O) groups excluding carboxylic acids is 2. The molecule has 0 atom stereocenters. The SMILES string of the molecule is O=C1CCCC(=O)N1CCCN1CCN(c2cccc(Cl)c2)CC1. The van der Waals surface area contributed by atoms with E-state index in [-0.39, 0.29) is 11.8 Å². The highest BCUT2D eigenvalue weighted by atomic mass is 35.5. The van der Waals surface area contributed by atoms with E-state index in [4.69, 9.17) is 11.6 Å². The molecule has 2 amide bonds. The van der Waals surface area contributed by atoms with Crippen LogP contribution in [0, 0.1) is 0 Å². The maximum absolute atomic E-state index is 11.8. The van der Waals surface area contributed by atoms with E-state index in [0.717, 1.165) is 44.2 Å². The zero-order valence-corrected chi connectivity index (χ0v) is 14.7. The minimum Gasteiger partial charge on any atom is -0.369 e. The second-order valence-electron chi connectivity index (χ2n) is 6.45. The van der Waals surface area contributed by atoms with Gasteiger partial charge in [-0.1, -0.05) is 17.7 Å². The fourth-order valence-electron chi connectivity index (χ4n) is 3.40. The smallest absolute Gasteiger partial charge is 0.229 e. The molecule has 0 aliphatic carbocycles. The van der Waals surface area contributed by atoms with Gasteiger partial charge < -0.3 is 4.90 Å². The van der Waals surface area contributed by atoms with Crippen molar-refractivity contribution in [3.05, 3.63) is 29.3 Å². The topological polar surface area (TPSA) is 43.9 Å². The number of halogens is 1. The van der Waals surface area contributed by atoms with Crippen molar-refractivity contribution in [3.63, 3.8) is 0 Å². The van der Waals surface area contributed by atoms with Crippen molar-refractivity contribution in [1.29, 1.82) is 0 Å². The van der Waals surface area contributed by atoms with Gasteiger partial charge in [0.1, 0.15) is 0 Å². The summed E-state index contributed by atoms with van der Waals surface area (Å²) in [7, 11) is 0. The van der Waals surface area contributed by atoms with Crippen LogP contribution in [-0.4, -0.2) is 60.9 Å². The van der Waals surface area contributed by atoms with Crippen LogP contribution in [0.2, 0.25) is 5.02 Å². The van der Waals surface area contributed by atoms with Gasteiger partial charge in [-0.3, -0.25) is 19.4 Å². The zero-order chi connectivity index (χ0) is 16.9. The summed E-state index contributed by atoms with van der Waals surface area (Å²) in [4.78, 5) is 29.8. The molecular weight excluding hydrogens is 326 g/mol. The van der Waals surface area contributed by atoms with Crippen LogP contribution in [0.1, 0.15) is 25.7 Å². The predicted octanol–water partition coefficient (Wildman–Crippen LogP) is 2.39. The molecule has 2 saturated heterocycles. The molecular formula is C18H24ClN3O2. The molecule has 0 radical (unpaired) electrons. The minimum absolute atomic E-state index is 0.00275. The van der Waals surface area contributed by atoms with E-state index >= 15 is 0 Å². The minimum atomic E-state index is -0.00275. The number of amides is 2. The lowest BCUT2D eigenvalue weighted by atomic mass is 10.1. The van der Waals surface area contributed by atoms with E-state index in [1.165, 1.54) is 10.6 Å². The van der Waals surface area contributed by atoms with Crippen LogP contribution in [0.4, 0.5) is 5.69 Å². The quantitative estimate of drug-likeness (QED) is 0.766. The highest BCUT2D eigenvalue weighted by Gasteiger charge is 2.25. The largest absolute Gasteiger partial charge is 0.369 e. The number of piperazine rings is 1. The van der Waals surface area contributed by atoms with Crippen molar-refractivity contribution in [3.8, 4) is 0 Å². The van der Waals surface area contributed by atoms with Gasteiger partial charge in [-0.15, -0.1) is 0 Å². The average molecular weight is 350 g/mol. The fraction of sp³-hybridized carbons (Fsp3) is 0.556. The molecule has 5 nitrogen and oxygen atoms in total. The first-order chi connectivity index (χ1) is 11.6. The number of anilines is 1. The first kappa shape index (κ1) is 17.2. The van der Waals surface area contributed by atoms with Crippen molar-refractivity contribution in [2.24, 2.45) is 0 Å². The third-order valence-corrected chi connectivity index (χ3v) is 5.02. The summed E-state index contributed by atoms with van der Waals surface area (Å²) in [6, 6.07) is 7.97. The van der Waals surface area contributed by atoms with E-state index in [1.807, 2.05) is 18.2 Å². The van der Waals surface area contributed by atoms with Crippen molar-refractivity contribution in [1.82, 2.24) is 9.80 Å². The number of nitrogens with zero attached hydrogens (tertiary/aromatic N) is 3. The van der Waals surface area contributed by atoms with Crippen LogP contribution >= 0.6 is 11.6 Å². The summed E-state index contributed by atoms with van der Waals surface area (Å²) < 4.78 is 0. The Hall–Kier alpha value is -1.59. The van der Waals surface area contributed by atoms with Crippen LogP contribution in [-0.2, 0) is 9.59 Å². The van der Waals surface area contributed by atoms with Crippen LogP contribution in [0.15, 0.2) is 24.3 Å². The van der Waals surface area contributed by atoms with Crippen molar-refractivity contribution in [2.75, 3.05) is 44.2 Å². The molecule has 2 aliphatic heterocycles. The summed E-state index contributed by atoms with van der Waals surface area (Å²) >= 11 is 6.06. The monoisotopic (exact) mass is 349 g/mol. The molecule has 6 heteroatoms. The number of piperidine rings is 1. The number of benzene rings is 1. The lowest BCUT2D eigenvalue weighted by Crippen LogP contribution is -2.47. The molecule has 130 valence electrons. The highest BCUT2D eigenvalue weighted by Crippen LogP contribution is 2.21. The number of hydrogen-bond donors (Lipinski definition) is 0. The van der Waals surface area contributed by atoms with Crippen molar-refractivity contribution in [2.45, 2.75) is 25.7 Å². The van der Waals surface area contributed by atoms with Gasteiger partial charge in [0.2, 0.25) is 11.8 Å². The Balaban J connectivity index is 1.41. The van der Waals surface area contributed by atoms with Gasteiger partial charge in [0.15, 0.2) is 0 Å². The molecule has 1 aromatic rings. The normalized spacial score (nSPS) is 19.9. The molecule has 0 unspecified atom stereocenters. The molecule has 0 aromatic heterocycles. The molecule has 3 rings (SSSR count). The number of carbonyl (C=O) groups is 2. The fourth-order valence-corrected chi connectivity index (χ4v) is 3.59. The van der Waals surface area contributed by atoms with Gasteiger partial charge in [0, 0.05) is 56.3 Å². The predicted molar refractivity (Wildman–Crippen MR) is 95.3 cm³/mol. The number of rotatable bonds is 5. The van der Waals surface area contributed by atoms with E-state index in [1.54, 1.807) is 0 Å². The molecule has 0 bridgehead atoms. The summed E-state index contributed by atoms with van der Waals surface area (Å²) in [5.41, 5.74) is 1.17. The second kappa shape index (κ2) is 7.99. The third kappa shape index (κ3) is 4.28. The Kier molecular flexibility index (Phi) is 5.74. The zero-order valence-electron chi connectivity index (χ0n) is 13.9. The summed E-state index contributed by atoms with van der Waals surface area (Å²) in [5.74, 6) is -0.00551. The number of hydrogen-bond acceptors (Lipinski definition) is 4. The van der Waals surface area contributed by atoms with Gasteiger partial charge in [-0.25, -0.2) is 0 Å². The Morgan fingerprint density at radius 3 is 2.33 bits per heavy atom. The lowest BCUT2D eigenvalue weighted by molar-refractivity contribution is -0.148. The van der Waals surface area contributed by atoms with E-state index < -0.39 is 0 Å². The average Bonchev–Trinajstić information content (AvgIpc) is 2.58. The van der Waals surface area contributed by atoms with Gasteiger partial charge in [-0.2, -0.15) is 0 Å². The molecule has 1 aromatic carbocycles. The molecule has 0 saturated carbocycles. The Morgan fingerprint density at radius 1 is 0.958 bits per heavy atom. The first-order valence-corrected chi connectivity index (χ1v) is 9.07. The molecule has 2 fully saturated rings. The Labute approximate surface area is 148 Å².